The number of carbonyl (C=O) groups excluding carboxylic acids is 2. The van der Waals surface area contributed by atoms with Gasteiger partial charge in [0.15, 0.2) is 6.61 Å². The third kappa shape index (κ3) is 5.57. The van der Waals surface area contributed by atoms with Crippen molar-refractivity contribution < 1.29 is 23.8 Å². The van der Waals surface area contributed by atoms with Crippen LogP contribution in [0.5, 0.6) is 11.5 Å². The second-order valence-electron chi connectivity index (χ2n) is 6.55. The van der Waals surface area contributed by atoms with E-state index in [2.05, 4.69) is 5.32 Å². The van der Waals surface area contributed by atoms with Gasteiger partial charge in [-0.15, -0.1) is 11.3 Å². The van der Waals surface area contributed by atoms with Crippen LogP contribution in [0, 0.1) is 6.92 Å². The van der Waals surface area contributed by atoms with Gasteiger partial charge in [0.05, 0.1) is 13.7 Å². The lowest BCUT2D eigenvalue weighted by Crippen LogP contribution is -2.21. The minimum Gasteiger partial charge on any atom is -0.497 e. The van der Waals surface area contributed by atoms with Gasteiger partial charge in [-0.25, -0.2) is 4.79 Å². The summed E-state index contributed by atoms with van der Waals surface area (Å²) in [6, 6.07) is 12.5. The van der Waals surface area contributed by atoms with Gasteiger partial charge >= 0.3 is 5.97 Å². The molecule has 0 atom stereocenters. The van der Waals surface area contributed by atoms with Crippen LogP contribution in [0.15, 0.2) is 47.8 Å². The summed E-state index contributed by atoms with van der Waals surface area (Å²) in [4.78, 5) is 25.1. The molecule has 31 heavy (non-hydrogen) atoms. The van der Waals surface area contributed by atoms with Gasteiger partial charge in [0.1, 0.15) is 22.1 Å². The van der Waals surface area contributed by atoms with E-state index in [0.717, 1.165) is 11.1 Å². The Balaban J connectivity index is 1.80. The van der Waals surface area contributed by atoms with Gasteiger partial charge in [0, 0.05) is 16.0 Å². The van der Waals surface area contributed by atoms with Gasteiger partial charge in [-0.05, 0) is 55.3 Å². The number of carbonyl (C=O) groups is 2. The molecule has 0 radical (unpaired) electrons. The maximum absolute atomic E-state index is 12.6. The standard InChI is InChI=1S/C23H22ClNO5S/c1-4-29-23(27)21-18(15-5-8-17(28-3)9-6-15)13-31-22(21)25-20(26)12-30-19-10-7-16(24)11-14(19)2/h5-11,13H,4,12H2,1-3H3,(H,25,26). The van der Waals surface area contributed by atoms with Crippen LogP contribution in [0.1, 0.15) is 22.8 Å². The van der Waals surface area contributed by atoms with Crippen molar-refractivity contribution in [2.45, 2.75) is 13.8 Å². The summed E-state index contributed by atoms with van der Waals surface area (Å²) in [6.07, 6.45) is 0. The highest BCUT2D eigenvalue weighted by molar-refractivity contribution is 7.15. The number of hydrogen-bond donors (Lipinski definition) is 1. The first-order valence-corrected chi connectivity index (χ1v) is 10.8. The molecule has 0 spiro atoms. The molecule has 0 aliphatic heterocycles. The van der Waals surface area contributed by atoms with Gasteiger partial charge in [-0.3, -0.25) is 4.79 Å². The number of esters is 1. The van der Waals surface area contributed by atoms with Crippen LogP contribution in [0.4, 0.5) is 5.00 Å². The van der Waals surface area contributed by atoms with Gasteiger partial charge in [0.25, 0.3) is 5.91 Å². The predicted octanol–water partition coefficient (Wildman–Crippen LogP) is 5.58. The lowest BCUT2D eigenvalue weighted by molar-refractivity contribution is -0.118. The van der Waals surface area contributed by atoms with E-state index in [9.17, 15) is 9.59 Å². The fourth-order valence-electron chi connectivity index (χ4n) is 2.92. The van der Waals surface area contributed by atoms with E-state index < -0.39 is 5.97 Å². The zero-order chi connectivity index (χ0) is 22.4. The number of nitrogens with one attached hydrogen (secondary N) is 1. The Morgan fingerprint density at radius 2 is 1.87 bits per heavy atom. The Kier molecular flexibility index (Phi) is 7.55. The van der Waals surface area contributed by atoms with E-state index >= 15 is 0 Å². The molecule has 1 amide bonds. The maximum Gasteiger partial charge on any atom is 0.341 e. The summed E-state index contributed by atoms with van der Waals surface area (Å²) in [6.45, 7) is 3.60. The van der Waals surface area contributed by atoms with Crippen LogP contribution in [-0.4, -0.2) is 32.2 Å². The fourth-order valence-corrected chi connectivity index (χ4v) is 4.12. The topological polar surface area (TPSA) is 73.9 Å². The molecule has 0 saturated carbocycles. The highest BCUT2D eigenvalue weighted by atomic mass is 35.5. The van der Waals surface area contributed by atoms with Crippen molar-refractivity contribution in [3.8, 4) is 22.6 Å². The minimum atomic E-state index is -0.501. The Morgan fingerprint density at radius 3 is 2.52 bits per heavy atom. The lowest BCUT2D eigenvalue weighted by Gasteiger charge is -2.11. The predicted molar refractivity (Wildman–Crippen MR) is 123 cm³/mol. The molecule has 0 bridgehead atoms. The smallest absolute Gasteiger partial charge is 0.341 e. The van der Waals surface area contributed by atoms with Crippen molar-refractivity contribution in [3.05, 3.63) is 64.0 Å². The molecule has 0 fully saturated rings. The summed E-state index contributed by atoms with van der Waals surface area (Å²) < 4.78 is 16.0. The Labute approximate surface area is 189 Å². The SMILES string of the molecule is CCOC(=O)c1c(-c2ccc(OC)cc2)csc1NC(=O)COc1ccc(Cl)cc1C. The van der Waals surface area contributed by atoms with E-state index in [1.807, 2.05) is 36.6 Å². The Morgan fingerprint density at radius 1 is 1.13 bits per heavy atom. The van der Waals surface area contributed by atoms with Gasteiger partial charge < -0.3 is 19.5 Å². The Bertz CT molecular complexity index is 1080. The summed E-state index contributed by atoms with van der Waals surface area (Å²) in [7, 11) is 1.59. The van der Waals surface area contributed by atoms with Crippen LogP contribution in [-0.2, 0) is 9.53 Å². The van der Waals surface area contributed by atoms with E-state index in [-0.39, 0.29) is 19.1 Å². The molecule has 3 aromatic rings. The highest BCUT2D eigenvalue weighted by Gasteiger charge is 2.23. The minimum absolute atomic E-state index is 0.208. The molecule has 1 heterocycles. The molecule has 1 N–H and O–H groups in total. The van der Waals surface area contributed by atoms with Crippen molar-refractivity contribution in [3.63, 3.8) is 0 Å². The summed E-state index contributed by atoms with van der Waals surface area (Å²) in [5.74, 6) is 0.387. The normalized spacial score (nSPS) is 10.5. The van der Waals surface area contributed by atoms with Gasteiger partial charge in [-0.2, -0.15) is 0 Å². The van der Waals surface area contributed by atoms with Gasteiger partial charge in [-0.1, -0.05) is 23.7 Å². The largest absolute Gasteiger partial charge is 0.497 e. The van der Waals surface area contributed by atoms with Gasteiger partial charge in [0.2, 0.25) is 0 Å². The number of amides is 1. The first-order valence-electron chi connectivity index (χ1n) is 9.54. The number of methoxy groups -OCH3 is 1. The monoisotopic (exact) mass is 459 g/mol. The molecule has 3 rings (SSSR count). The molecule has 1 aromatic heterocycles. The maximum atomic E-state index is 12.6. The quantitative estimate of drug-likeness (QED) is 0.445. The van der Waals surface area contributed by atoms with Crippen molar-refractivity contribution in [1.29, 1.82) is 0 Å². The second kappa shape index (κ2) is 10.3. The zero-order valence-electron chi connectivity index (χ0n) is 17.4. The number of benzene rings is 2. The van der Waals surface area contributed by atoms with Crippen molar-refractivity contribution >= 4 is 39.8 Å². The van der Waals surface area contributed by atoms with Crippen LogP contribution in [0.25, 0.3) is 11.1 Å². The molecule has 0 saturated heterocycles. The summed E-state index contributed by atoms with van der Waals surface area (Å²) in [5.41, 5.74) is 2.63. The highest BCUT2D eigenvalue weighted by Crippen LogP contribution is 2.37. The van der Waals surface area contributed by atoms with E-state index in [4.69, 9.17) is 25.8 Å². The third-order valence-corrected chi connectivity index (χ3v) is 5.55. The average Bonchev–Trinajstić information content (AvgIpc) is 3.17. The third-order valence-electron chi connectivity index (χ3n) is 4.42. The molecular formula is C23H22ClNO5S. The molecule has 0 unspecified atom stereocenters. The molecule has 162 valence electrons. The Hall–Kier alpha value is -3.03. The summed E-state index contributed by atoms with van der Waals surface area (Å²) in [5, 5.41) is 5.58. The zero-order valence-corrected chi connectivity index (χ0v) is 18.9. The molecule has 0 aliphatic rings. The van der Waals surface area contributed by atoms with E-state index in [0.29, 0.717) is 32.6 Å². The first-order chi connectivity index (χ1) is 14.9. The van der Waals surface area contributed by atoms with Crippen LogP contribution < -0.4 is 14.8 Å². The van der Waals surface area contributed by atoms with Crippen molar-refractivity contribution in [1.82, 2.24) is 0 Å². The van der Waals surface area contributed by atoms with E-state index in [1.54, 1.807) is 32.2 Å². The molecule has 8 heteroatoms. The van der Waals surface area contributed by atoms with Crippen LogP contribution in [0.3, 0.4) is 0 Å². The van der Waals surface area contributed by atoms with Crippen molar-refractivity contribution in [2.24, 2.45) is 0 Å². The molecule has 6 nitrogen and oxygen atoms in total. The fraction of sp³-hybridized carbons (Fsp3) is 0.217. The number of anilines is 1. The van der Waals surface area contributed by atoms with Crippen LogP contribution >= 0.6 is 22.9 Å². The number of halogens is 1. The average molecular weight is 460 g/mol. The summed E-state index contributed by atoms with van der Waals surface area (Å²) >= 11 is 7.20. The lowest BCUT2D eigenvalue weighted by atomic mass is 10.0. The number of rotatable bonds is 8. The molecule has 0 aliphatic carbocycles. The second-order valence-corrected chi connectivity index (χ2v) is 7.87. The molecule has 2 aromatic carbocycles. The number of hydrogen-bond acceptors (Lipinski definition) is 6. The number of aryl methyl sites for hydroxylation is 1. The number of thiophene rings is 1. The number of ether oxygens (including phenoxy) is 3. The molecular weight excluding hydrogens is 438 g/mol. The van der Waals surface area contributed by atoms with E-state index in [1.165, 1.54) is 11.3 Å². The van der Waals surface area contributed by atoms with Crippen LogP contribution in [0.2, 0.25) is 5.02 Å². The first kappa shape index (κ1) is 22.7. The van der Waals surface area contributed by atoms with Crippen molar-refractivity contribution in [2.75, 3.05) is 25.6 Å².